The SMILES string of the molecule is NCC(CC(=O)O)c1ccnnc1. The minimum Gasteiger partial charge on any atom is -0.481 e. The highest BCUT2D eigenvalue weighted by atomic mass is 16.4. The van der Waals surface area contributed by atoms with Gasteiger partial charge in [0, 0.05) is 12.1 Å². The lowest BCUT2D eigenvalue weighted by molar-refractivity contribution is -0.137. The van der Waals surface area contributed by atoms with Crippen LogP contribution in [-0.2, 0) is 4.79 Å². The monoisotopic (exact) mass is 181 g/mol. The molecule has 0 bridgehead atoms. The van der Waals surface area contributed by atoms with Gasteiger partial charge in [-0.3, -0.25) is 4.79 Å². The van der Waals surface area contributed by atoms with Crippen LogP contribution in [0.3, 0.4) is 0 Å². The molecule has 5 heteroatoms. The van der Waals surface area contributed by atoms with Gasteiger partial charge >= 0.3 is 5.97 Å². The van der Waals surface area contributed by atoms with Crippen molar-refractivity contribution in [3.8, 4) is 0 Å². The summed E-state index contributed by atoms with van der Waals surface area (Å²) < 4.78 is 0. The molecule has 0 aliphatic heterocycles. The largest absolute Gasteiger partial charge is 0.481 e. The van der Waals surface area contributed by atoms with E-state index in [1.807, 2.05) is 0 Å². The van der Waals surface area contributed by atoms with Crippen molar-refractivity contribution in [2.45, 2.75) is 12.3 Å². The fraction of sp³-hybridized carbons (Fsp3) is 0.375. The molecule has 0 fully saturated rings. The van der Waals surface area contributed by atoms with E-state index in [1.165, 1.54) is 6.20 Å². The summed E-state index contributed by atoms with van der Waals surface area (Å²) in [6.07, 6.45) is 3.10. The van der Waals surface area contributed by atoms with E-state index in [2.05, 4.69) is 10.2 Å². The number of hydrogen-bond acceptors (Lipinski definition) is 4. The Hall–Kier alpha value is -1.49. The zero-order chi connectivity index (χ0) is 9.68. The van der Waals surface area contributed by atoms with Gasteiger partial charge in [-0.1, -0.05) is 0 Å². The lowest BCUT2D eigenvalue weighted by Gasteiger charge is -2.10. The highest BCUT2D eigenvalue weighted by Gasteiger charge is 2.13. The maximum atomic E-state index is 10.5. The minimum absolute atomic E-state index is 0.0300. The van der Waals surface area contributed by atoms with Crippen molar-refractivity contribution in [1.29, 1.82) is 0 Å². The van der Waals surface area contributed by atoms with Crippen LogP contribution in [0.25, 0.3) is 0 Å². The summed E-state index contributed by atoms with van der Waals surface area (Å²) in [6, 6.07) is 1.73. The molecule has 1 unspecified atom stereocenters. The first-order valence-corrected chi connectivity index (χ1v) is 3.92. The Balaban J connectivity index is 2.73. The summed E-state index contributed by atoms with van der Waals surface area (Å²) in [7, 11) is 0. The molecule has 3 N–H and O–H groups in total. The molecule has 1 rings (SSSR count). The molecule has 1 heterocycles. The molecule has 0 radical (unpaired) electrons. The molecular weight excluding hydrogens is 170 g/mol. The molecule has 1 atom stereocenters. The van der Waals surface area contributed by atoms with Crippen LogP contribution < -0.4 is 5.73 Å². The fourth-order valence-corrected chi connectivity index (χ4v) is 1.09. The zero-order valence-electron chi connectivity index (χ0n) is 7.05. The molecule has 0 spiro atoms. The first-order valence-electron chi connectivity index (χ1n) is 3.92. The topological polar surface area (TPSA) is 89.1 Å². The standard InChI is InChI=1S/C8H11N3O2/c9-4-7(3-8(12)13)6-1-2-10-11-5-6/h1-2,5,7H,3-4,9H2,(H,12,13). The van der Waals surface area contributed by atoms with E-state index in [9.17, 15) is 4.79 Å². The van der Waals surface area contributed by atoms with Gasteiger partial charge in [0.15, 0.2) is 0 Å². The predicted octanol–water partition coefficient (Wildman–Crippen LogP) is -0.00640. The Kier molecular flexibility index (Phi) is 3.33. The molecule has 13 heavy (non-hydrogen) atoms. The Labute approximate surface area is 75.6 Å². The third-order valence-corrected chi connectivity index (χ3v) is 1.78. The first-order chi connectivity index (χ1) is 6.24. The van der Waals surface area contributed by atoms with E-state index in [4.69, 9.17) is 10.8 Å². The molecule has 0 aliphatic carbocycles. The number of aliphatic carboxylic acids is 1. The van der Waals surface area contributed by atoms with Crippen LogP contribution in [0.15, 0.2) is 18.5 Å². The van der Waals surface area contributed by atoms with Crippen molar-refractivity contribution in [3.05, 3.63) is 24.0 Å². The van der Waals surface area contributed by atoms with Crippen molar-refractivity contribution in [1.82, 2.24) is 10.2 Å². The van der Waals surface area contributed by atoms with Crippen LogP contribution in [0.1, 0.15) is 17.9 Å². The third-order valence-electron chi connectivity index (χ3n) is 1.78. The van der Waals surface area contributed by atoms with Crippen molar-refractivity contribution in [2.24, 2.45) is 5.73 Å². The van der Waals surface area contributed by atoms with Gasteiger partial charge in [-0.25, -0.2) is 0 Å². The number of rotatable bonds is 4. The molecule has 5 nitrogen and oxygen atoms in total. The summed E-state index contributed by atoms with van der Waals surface area (Å²) >= 11 is 0. The van der Waals surface area contributed by atoms with Crippen molar-refractivity contribution >= 4 is 5.97 Å². The predicted molar refractivity (Wildman–Crippen MR) is 46.1 cm³/mol. The van der Waals surface area contributed by atoms with Crippen LogP contribution in [0.5, 0.6) is 0 Å². The molecule has 0 saturated carbocycles. The van der Waals surface area contributed by atoms with Gasteiger partial charge in [0.1, 0.15) is 0 Å². The number of aromatic nitrogens is 2. The van der Waals surface area contributed by atoms with E-state index in [-0.39, 0.29) is 12.3 Å². The summed E-state index contributed by atoms with van der Waals surface area (Å²) in [5, 5.41) is 15.9. The Morgan fingerprint density at radius 3 is 2.85 bits per heavy atom. The Morgan fingerprint density at radius 1 is 1.62 bits per heavy atom. The zero-order valence-corrected chi connectivity index (χ0v) is 7.05. The van der Waals surface area contributed by atoms with Gasteiger partial charge in [-0.05, 0) is 18.2 Å². The van der Waals surface area contributed by atoms with Crippen LogP contribution in [-0.4, -0.2) is 27.8 Å². The Bertz CT molecular complexity index is 276. The molecule has 0 aliphatic rings. The second-order valence-corrected chi connectivity index (χ2v) is 2.71. The number of carbonyl (C=O) groups is 1. The van der Waals surface area contributed by atoms with Crippen LogP contribution in [0.2, 0.25) is 0 Å². The average molecular weight is 181 g/mol. The summed E-state index contributed by atoms with van der Waals surface area (Å²) in [4.78, 5) is 10.5. The minimum atomic E-state index is -0.854. The number of hydrogen-bond donors (Lipinski definition) is 2. The van der Waals surface area contributed by atoms with Gasteiger partial charge < -0.3 is 10.8 Å². The quantitative estimate of drug-likeness (QED) is 0.682. The highest BCUT2D eigenvalue weighted by Crippen LogP contribution is 2.16. The molecule has 1 aromatic heterocycles. The smallest absolute Gasteiger partial charge is 0.304 e. The fourth-order valence-electron chi connectivity index (χ4n) is 1.09. The van der Waals surface area contributed by atoms with Crippen LogP contribution in [0, 0.1) is 0 Å². The molecule has 0 amide bonds. The van der Waals surface area contributed by atoms with Gasteiger partial charge in [0.2, 0.25) is 0 Å². The van der Waals surface area contributed by atoms with Gasteiger partial charge in [-0.15, -0.1) is 0 Å². The molecule has 1 aromatic rings. The van der Waals surface area contributed by atoms with Gasteiger partial charge in [0.25, 0.3) is 0 Å². The van der Waals surface area contributed by atoms with E-state index in [1.54, 1.807) is 12.3 Å². The van der Waals surface area contributed by atoms with Crippen molar-refractivity contribution in [2.75, 3.05) is 6.54 Å². The van der Waals surface area contributed by atoms with Crippen LogP contribution in [0.4, 0.5) is 0 Å². The van der Waals surface area contributed by atoms with Crippen LogP contribution >= 0.6 is 0 Å². The number of nitrogens with zero attached hydrogens (tertiary/aromatic N) is 2. The van der Waals surface area contributed by atoms with E-state index in [0.29, 0.717) is 6.54 Å². The van der Waals surface area contributed by atoms with Gasteiger partial charge in [0.05, 0.1) is 12.6 Å². The summed E-state index contributed by atoms with van der Waals surface area (Å²) in [5.74, 6) is -1.03. The Morgan fingerprint density at radius 2 is 2.38 bits per heavy atom. The molecule has 0 saturated heterocycles. The summed E-state index contributed by atoms with van der Waals surface area (Å²) in [6.45, 7) is 0.304. The third kappa shape index (κ3) is 2.79. The number of nitrogens with two attached hydrogens (primary N) is 1. The second kappa shape index (κ2) is 4.51. The highest BCUT2D eigenvalue weighted by molar-refractivity contribution is 5.68. The van der Waals surface area contributed by atoms with E-state index in [0.717, 1.165) is 5.56 Å². The maximum Gasteiger partial charge on any atom is 0.304 e. The van der Waals surface area contributed by atoms with Gasteiger partial charge in [-0.2, -0.15) is 10.2 Å². The normalized spacial score (nSPS) is 12.4. The first kappa shape index (κ1) is 9.60. The lowest BCUT2D eigenvalue weighted by atomic mass is 9.98. The molecule has 70 valence electrons. The average Bonchev–Trinajstić information content (AvgIpc) is 2.15. The lowest BCUT2D eigenvalue weighted by Crippen LogP contribution is -2.16. The second-order valence-electron chi connectivity index (χ2n) is 2.71. The van der Waals surface area contributed by atoms with E-state index < -0.39 is 5.97 Å². The maximum absolute atomic E-state index is 10.5. The summed E-state index contributed by atoms with van der Waals surface area (Å²) in [5.41, 5.74) is 6.26. The molecular formula is C8H11N3O2. The van der Waals surface area contributed by atoms with Crippen molar-refractivity contribution < 1.29 is 9.90 Å². The number of carboxylic acid groups (broad SMARTS) is 1. The molecule has 0 aromatic carbocycles. The van der Waals surface area contributed by atoms with Crippen molar-refractivity contribution in [3.63, 3.8) is 0 Å². The van der Waals surface area contributed by atoms with E-state index >= 15 is 0 Å². The number of carboxylic acids is 1.